The number of aromatic nitrogens is 1. The number of halogens is 1. The molecule has 0 radical (unpaired) electrons. The number of aryl methyl sites for hydroxylation is 1. The van der Waals surface area contributed by atoms with Crippen LogP contribution in [0.25, 0.3) is 0 Å². The highest BCUT2D eigenvalue weighted by atomic mass is 79.9. The molecule has 1 heterocycles. The number of anilines is 1. The molecule has 1 aromatic heterocycles. The summed E-state index contributed by atoms with van der Waals surface area (Å²) in [5.74, 6) is 1.35. The van der Waals surface area contributed by atoms with Gasteiger partial charge in [-0.25, -0.2) is 0 Å². The van der Waals surface area contributed by atoms with E-state index in [0.717, 1.165) is 15.9 Å². The Balaban J connectivity index is 2.16. The van der Waals surface area contributed by atoms with Crippen molar-refractivity contribution < 1.29 is 9.47 Å². The van der Waals surface area contributed by atoms with Gasteiger partial charge in [-0.1, -0.05) is 15.9 Å². The largest absolute Gasteiger partial charge is 0.493 e. The van der Waals surface area contributed by atoms with Gasteiger partial charge in [0.05, 0.1) is 20.8 Å². The zero-order valence-corrected chi connectivity index (χ0v) is 13.3. The molecule has 2 aromatic rings. The number of hydrogen-bond acceptors (Lipinski definition) is 4. The lowest BCUT2D eigenvalue weighted by Gasteiger charge is -2.13. The van der Waals surface area contributed by atoms with Crippen LogP contribution in [0.2, 0.25) is 0 Å². The number of nitrogens with zero attached hydrogens (tertiary/aromatic N) is 1. The van der Waals surface area contributed by atoms with Crippen LogP contribution in [0.5, 0.6) is 11.5 Å². The second-order valence-electron chi connectivity index (χ2n) is 4.31. The zero-order chi connectivity index (χ0) is 14.5. The average Bonchev–Trinajstić information content (AvgIpc) is 2.47. The maximum absolute atomic E-state index is 5.36. The molecule has 0 saturated carbocycles. The number of nitrogens with one attached hydrogen (secondary N) is 1. The Labute approximate surface area is 127 Å². The normalized spacial score (nSPS) is 10.2. The molecule has 0 aliphatic rings. The lowest BCUT2D eigenvalue weighted by atomic mass is 10.2. The third-order valence-corrected chi connectivity index (χ3v) is 3.87. The minimum absolute atomic E-state index is 0.571. The van der Waals surface area contributed by atoms with Crippen LogP contribution in [-0.4, -0.2) is 19.2 Å². The van der Waals surface area contributed by atoms with Crippen molar-refractivity contribution >= 4 is 21.6 Å². The number of methoxy groups -OCH3 is 2. The predicted octanol–water partition coefficient (Wildman–Crippen LogP) is 3.78. The van der Waals surface area contributed by atoms with Gasteiger partial charge in [0, 0.05) is 22.4 Å². The Bertz CT molecular complexity index is 602. The second-order valence-corrected chi connectivity index (χ2v) is 5.17. The van der Waals surface area contributed by atoms with Gasteiger partial charge in [0.25, 0.3) is 0 Å². The molecule has 4 nitrogen and oxygen atoms in total. The molecule has 106 valence electrons. The van der Waals surface area contributed by atoms with Crippen molar-refractivity contribution in [3.05, 3.63) is 46.2 Å². The minimum Gasteiger partial charge on any atom is -0.493 e. The minimum atomic E-state index is 0.571. The molecule has 0 bridgehead atoms. The summed E-state index contributed by atoms with van der Waals surface area (Å²) < 4.78 is 11.7. The lowest BCUT2D eigenvalue weighted by Crippen LogP contribution is -2.05. The van der Waals surface area contributed by atoms with E-state index in [1.165, 1.54) is 5.56 Å². The molecule has 0 unspecified atom stereocenters. The highest BCUT2D eigenvalue weighted by Crippen LogP contribution is 2.29. The van der Waals surface area contributed by atoms with E-state index >= 15 is 0 Å². The van der Waals surface area contributed by atoms with Crippen molar-refractivity contribution in [2.75, 3.05) is 19.5 Å². The quantitative estimate of drug-likeness (QED) is 0.902. The summed E-state index contributed by atoms with van der Waals surface area (Å²) in [5, 5.41) is 3.34. The van der Waals surface area contributed by atoms with Crippen LogP contribution >= 0.6 is 15.9 Å². The topological polar surface area (TPSA) is 43.4 Å². The Morgan fingerprint density at radius 3 is 2.65 bits per heavy atom. The summed E-state index contributed by atoms with van der Waals surface area (Å²) in [7, 11) is 3.24. The molecule has 0 saturated heterocycles. The number of pyridine rings is 1. The van der Waals surface area contributed by atoms with Gasteiger partial charge in [0.1, 0.15) is 5.69 Å². The second kappa shape index (κ2) is 6.61. The highest BCUT2D eigenvalue weighted by molar-refractivity contribution is 9.10. The van der Waals surface area contributed by atoms with Crippen molar-refractivity contribution in [3.63, 3.8) is 0 Å². The first kappa shape index (κ1) is 14.7. The van der Waals surface area contributed by atoms with Crippen molar-refractivity contribution in [1.82, 2.24) is 4.98 Å². The molecule has 0 amide bonds. The van der Waals surface area contributed by atoms with Crippen LogP contribution in [0.1, 0.15) is 11.3 Å². The fourth-order valence-corrected chi connectivity index (χ4v) is 2.16. The van der Waals surface area contributed by atoms with Crippen molar-refractivity contribution in [2.45, 2.75) is 13.5 Å². The summed E-state index contributed by atoms with van der Waals surface area (Å²) in [5.41, 5.74) is 3.03. The van der Waals surface area contributed by atoms with E-state index in [1.807, 2.05) is 12.1 Å². The molecular formula is C15H17BrN2O2. The van der Waals surface area contributed by atoms with E-state index in [-0.39, 0.29) is 0 Å². The van der Waals surface area contributed by atoms with Gasteiger partial charge in [-0.05, 0) is 30.7 Å². The van der Waals surface area contributed by atoms with Gasteiger partial charge < -0.3 is 14.8 Å². The first-order valence-corrected chi connectivity index (χ1v) is 7.01. The van der Waals surface area contributed by atoms with Crippen LogP contribution in [-0.2, 0) is 6.54 Å². The van der Waals surface area contributed by atoms with Gasteiger partial charge in [-0.15, -0.1) is 0 Å². The van der Waals surface area contributed by atoms with E-state index in [9.17, 15) is 0 Å². The Hall–Kier alpha value is -1.75. The van der Waals surface area contributed by atoms with Crippen LogP contribution < -0.4 is 14.8 Å². The molecule has 20 heavy (non-hydrogen) atoms. The summed E-state index contributed by atoms with van der Waals surface area (Å²) in [6.45, 7) is 2.63. The number of hydrogen-bond donors (Lipinski definition) is 1. The summed E-state index contributed by atoms with van der Waals surface area (Å²) in [4.78, 5) is 4.34. The van der Waals surface area contributed by atoms with Crippen molar-refractivity contribution in [2.24, 2.45) is 0 Å². The standard InChI is InChI=1S/C15H17BrN2O2/c1-10-8-11(4-5-12(10)16)18-9-13-15(20-3)14(19-2)6-7-17-13/h4-8,18H,9H2,1-3H3. The van der Waals surface area contributed by atoms with E-state index in [1.54, 1.807) is 26.5 Å². The van der Waals surface area contributed by atoms with Gasteiger partial charge >= 0.3 is 0 Å². The maximum Gasteiger partial charge on any atom is 0.184 e. The Kier molecular flexibility index (Phi) is 4.84. The fourth-order valence-electron chi connectivity index (χ4n) is 1.92. The maximum atomic E-state index is 5.36. The summed E-state index contributed by atoms with van der Waals surface area (Å²) in [6.07, 6.45) is 1.71. The molecule has 0 fully saturated rings. The molecular weight excluding hydrogens is 320 g/mol. The third kappa shape index (κ3) is 3.22. The third-order valence-electron chi connectivity index (χ3n) is 2.98. The highest BCUT2D eigenvalue weighted by Gasteiger charge is 2.10. The molecule has 0 aliphatic carbocycles. The van der Waals surface area contributed by atoms with Crippen LogP contribution in [0.15, 0.2) is 34.9 Å². The van der Waals surface area contributed by atoms with E-state index in [0.29, 0.717) is 18.0 Å². The van der Waals surface area contributed by atoms with Gasteiger partial charge in [0.2, 0.25) is 0 Å². The molecule has 0 spiro atoms. The fraction of sp³-hybridized carbons (Fsp3) is 0.267. The first-order chi connectivity index (χ1) is 9.65. The van der Waals surface area contributed by atoms with Gasteiger partial charge in [-0.2, -0.15) is 0 Å². The smallest absolute Gasteiger partial charge is 0.184 e. The molecule has 5 heteroatoms. The van der Waals surface area contributed by atoms with Crippen LogP contribution in [0, 0.1) is 6.92 Å². The number of rotatable bonds is 5. The molecule has 0 aliphatic heterocycles. The number of benzene rings is 1. The summed E-state index contributed by atoms with van der Waals surface area (Å²) >= 11 is 3.49. The average molecular weight is 337 g/mol. The Morgan fingerprint density at radius 2 is 2.00 bits per heavy atom. The van der Waals surface area contributed by atoms with E-state index < -0.39 is 0 Å². The molecule has 1 N–H and O–H groups in total. The van der Waals surface area contributed by atoms with Crippen LogP contribution in [0.4, 0.5) is 5.69 Å². The molecule has 2 rings (SSSR count). The monoisotopic (exact) mass is 336 g/mol. The summed E-state index contributed by atoms with van der Waals surface area (Å²) in [6, 6.07) is 7.90. The zero-order valence-electron chi connectivity index (χ0n) is 11.7. The van der Waals surface area contributed by atoms with E-state index in [4.69, 9.17) is 9.47 Å². The molecule has 0 atom stereocenters. The Morgan fingerprint density at radius 1 is 1.20 bits per heavy atom. The lowest BCUT2D eigenvalue weighted by molar-refractivity contribution is 0.350. The van der Waals surface area contributed by atoms with Crippen LogP contribution in [0.3, 0.4) is 0 Å². The first-order valence-electron chi connectivity index (χ1n) is 6.21. The van der Waals surface area contributed by atoms with E-state index in [2.05, 4.69) is 39.2 Å². The SMILES string of the molecule is COc1ccnc(CNc2ccc(Br)c(C)c2)c1OC. The van der Waals surface area contributed by atoms with Gasteiger partial charge in [-0.3, -0.25) is 4.98 Å². The van der Waals surface area contributed by atoms with Crippen molar-refractivity contribution in [3.8, 4) is 11.5 Å². The van der Waals surface area contributed by atoms with Gasteiger partial charge in [0.15, 0.2) is 11.5 Å². The molecule has 1 aromatic carbocycles. The van der Waals surface area contributed by atoms with Crippen molar-refractivity contribution in [1.29, 1.82) is 0 Å². The predicted molar refractivity (Wildman–Crippen MR) is 83.5 cm³/mol. The number of ether oxygens (including phenoxy) is 2.